The minimum Gasteiger partial charge on any atom is -0.497 e. The first-order chi connectivity index (χ1) is 11.5. The smallest absolute Gasteiger partial charge is 0.252 e. The van der Waals surface area contributed by atoms with Gasteiger partial charge in [0, 0.05) is 18.8 Å². The van der Waals surface area contributed by atoms with Gasteiger partial charge in [0.05, 0.1) is 37.4 Å². The van der Waals surface area contributed by atoms with Gasteiger partial charge in [-0.2, -0.15) is 0 Å². The molecule has 2 N–H and O–H groups in total. The highest BCUT2D eigenvalue weighted by molar-refractivity contribution is 5.94. The SMILES string of the molecule is COc1ccc(Nc2cncc(C(=O)NCC(C)C)c2)c(OC)c1. The summed E-state index contributed by atoms with van der Waals surface area (Å²) in [5.74, 6) is 1.61. The topological polar surface area (TPSA) is 72.5 Å². The number of amides is 1. The lowest BCUT2D eigenvalue weighted by atomic mass is 10.2. The molecule has 1 aromatic heterocycles. The molecule has 0 aliphatic rings. The molecule has 2 aromatic rings. The van der Waals surface area contributed by atoms with Crippen molar-refractivity contribution in [3.05, 3.63) is 42.2 Å². The van der Waals surface area contributed by atoms with E-state index in [1.807, 2.05) is 26.0 Å². The Balaban J connectivity index is 2.16. The van der Waals surface area contributed by atoms with E-state index in [1.54, 1.807) is 38.7 Å². The first-order valence-electron chi connectivity index (χ1n) is 7.75. The zero-order chi connectivity index (χ0) is 17.5. The Morgan fingerprint density at radius 1 is 1.17 bits per heavy atom. The molecule has 1 amide bonds. The molecule has 6 heteroatoms. The molecule has 128 valence electrons. The first-order valence-corrected chi connectivity index (χ1v) is 7.75. The number of carbonyl (C=O) groups excluding carboxylic acids is 1. The van der Waals surface area contributed by atoms with Crippen LogP contribution in [0.5, 0.6) is 11.5 Å². The number of methoxy groups -OCH3 is 2. The van der Waals surface area contributed by atoms with Gasteiger partial charge in [-0.25, -0.2) is 0 Å². The van der Waals surface area contributed by atoms with Crippen LogP contribution in [0.3, 0.4) is 0 Å². The third kappa shape index (κ3) is 4.62. The predicted molar refractivity (Wildman–Crippen MR) is 94.2 cm³/mol. The number of nitrogens with one attached hydrogen (secondary N) is 2. The van der Waals surface area contributed by atoms with Crippen LogP contribution in [0.2, 0.25) is 0 Å². The quantitative estimate of drug-likeness (QED) is 0.816. The lowest BCUT2D eigenvalue weighted by molar-refractivity contribution is 0.0948. The number of aromatic nitrogens is 1. The van der Waals surface area contributed by atoms with Crippen molar-refractivity contribution in [1.29, 1.82) is 0 Å². The number of anilines is 2. The minimum atomic E-state index is -0.137. The molecule has 6 nitrogen and oxygen atoms in total. The van der Waals surface area contributed by atoms with Gasteiger partial charge in [0.1, 0.15) is 11.5 Å². The Bertz CT molecular complexity index is 702. The summed E-state index contributed by atoms with van der Waals surface area (Å²) in [5, 5.41) is 6.09. The molecule has 24 heavy (non-hydrogen) atoms. The third-order valence-corrected chi connectivity index (χ3v) is 3.36. The number of carbonyl (C=O) groups is 1. The van der Waals surface area contributed by atoms with E-state index in [0.717, 1.165) is 5.69 Å². The molecule has 0 spiro atoms. The molecular weight excluding hydrogens is 306 g/mol. The number of ether oxygens (including phenoxy) is 2. The van der Waals surface area contributed by atoms with E-state index in [-0.39, 0.29) is 5.91 Å². The standard InChI is InChI=1S/C18H23N3O3/c1-12(2)9-20-18(22)13-7-14(11-19-10-13)21-16-6-5-15(23-3)8-17(16)24-4/h5-8,10-12,21H,9H2,1-4H3,(H,20,22). The zero-order valence-corrected chi connectivity index (χ0v) is 14.4. The molecule has 0 radical (unpaired) electrons. The summed E-state index contributed by atoms with van der Waals surface area (Å²) in [5.41, 5.74) is 1.98. The van der Waals surface area contributed by atoms with Crippen LogP contribution in [0, 0.1) is 5.92 Å². The fourth-order valence-corrected chi connectivity index (χ4v) is 2.09. The molecule has 0 fully saturated rings. The summed E-state index contributed by atoms with van der Waals surface area (Å²) < 4.78 is 10.5. The van der Waals surface area contributed by atoms with Gasteiger partial charge in [0.25, 0.3) is 5.91 Å². The molecular formula is C18H23N3O3. The van der Waals surface area contributed by atoms with Gasteiger partial charge in [-0.3, -0.25) is 9.78 Å². The van der Waals surface area contributed by atoms with Crippen LogP contribution in [0.15, 0.2) is 36.7 Å². The molecule has 0 unspecified atom stereocenters. The minimum absolute atomic E-state index is 0.137. The van der Waals surface area contributed by atoms with Crippen molar-refractivity contribution in [3.8, 4) is 11.5 Å². The monoisotopic (exact) mass is 329 g/mol. The van der Waals surface area contributed by atoms with Crippen LogP contribution in [-0.2, 0) is 0 Å². The van der Waals surface area contributed by atoms with Gasteiger partial charge >= 0.3 is 0 Å². The van der Waals surface area contributed by atoms with Crippen LogP contribution in [0.25, 0.3) is 0 Å². The van der Waals surface area contributed by atoms with Crippen LogP contribution in [-0.4, -0.2) is 31.7 Å². The Morgan fingerprint density at radius 2 is 1.96 bits per heavy atom. The maximum atomic E-state index is 12.1. The van der Waals surface area contributed by atoms with Crippen molar-refractivity contribution in [2.24, 2.45) is 5.92 Å². The van der Waals surface area contributed by atoms with Crippen LogP contribution < -0.4 is 20.1 Å². The van der Waals surface area contributed by atoms with Crippen molar-refractivity contribution in [3.63, 3.8) is 0 Å². The molecule has 0 aliphatic carbocycles. The maximum absolute atomic E-state index is 12.1. The average molecular weight is 329 g/mol. The number of benzene rings is 1. The van der Waals surface area contributed by atoms with E-state index in [9.17, 15) is 4.79 Å². The van der Waals surface area contributed by atoms with Gasteiger partial charge in [-0.1, -0.05) is 13.8 Å². The Labute approximate surface area is 142 Å². The second-order valence-corrected chi connectivity index (χ2v) is 5.76. The highest BCUT2D eigenvalue weighted by Gasteiger charge is 2.09. The second kappa shape index (κ2) is 8.19. The van der Waals surface area contributed by atoms with Crippen LogP contribution >= 0.6 is 0 Å². The largest absolute Gasteiger partial charge is 0.497 e. The Hall–Kier alpha value is -2.76. The highest BCUT2D eigenvalue weighted by Crippen LogP contribution is 2.31. The Kier molecular flexibility index (Phi) is 6.01. The summed E-state index contributed by atoms with van der Waals surface area (Å²) in [6.07, 6.45) is 3.20. The van der Waals surface area contributed by atoms with E-state index in [2.05, 4.69) is 15.6 Å². The molecule has 0 bridgehead atoms. The number of hydrogen-bond donors (Lipinski definition) is 2. The number of rotatable bonds is 7. The van der Waals surface area contributed by atoms with Crippen molar-refractivity contribution in [1.82, 2.24) is 10.3 Å². The summed E-state index contributed by atoms with van der Waals surface area (Å²) in [6.45, 7) is 4.72. The van der Waals surface area contributed by atoms with Crippen molar-refractivity contribution < 1.29 is 14.3 Å². The van der Waals surface area contributed by atoms with Gasteiger partial charge in [-0.05, 0) is 24.1 Å². The summed E-state index contributed by atoms with van der Waals surface area (Å²) in [7, 11) is 3.19. The fraction of sp³-hybridized carbons (Fsp3) is 0.333. The molecule has 1 heterocycles. The van der Waals surface area contributed by atoms with E-state index < -0.39 is 0 Å². The van der Waals surface area contributed by atoms with E-state index in [4.69, 9.17) is 9.47 Å². The van der Waals surface area contributed by atoms with Crippen LogP contribution in [0.4, 0.5) is 11.4 Å². The Morgan fingerprint density at radius 3 is 2.62 bits per heavy atom. The van der Waals surface area contributed by atoms with E-state index in [0.29, 0.717) is 35.2 Å². The fourth-order valence-electron chi connectivity index (χ4n) is 2.09. The molecule has 0 saturated carbocycles. The van der Waals surface area contributed by atoms with Crippen molar-refractivity contribution >= 4 is 17.3 Å². The highest BCUT2D eigenvalue weighted by atomic mass is 16.5. The van der Waals surface area contributed by atoms with Crippen molar-refractivity contribution in [2.75, 3.05) is 26.1 Å². The first kappa shape index (κ1) is 17.6. The van der Waals surface area contributed by atoms with Crippen molar-refractivity contribution in [2.45, 2.75) is 13.8 Å². The number of nitrogens with zero attached hydrogens (tertiary/aromatic N) is 1. The number of pyridine rings is 1. The summed E-state index contributed by atoms with van der Waals surface area (Å²) >= 11 is 0. The van der Waals surface area contributed by atoms with Crippen LogP contribution in [0.1, 0.15) is 24.2 Å². The van der Waals surface area contributed by atoms with Gasteiger partial charge in [0.2, 0.25) is 0 Å². The summed E-state index contributed by atoms with van der Waals surface area (Å²) in [4.78, 5) is 16.3. The summed E-state index contributed by atoms with van der Waals surface area (Å²) in [6, 6.07) is 7.22. The number of hydrogen-bond acceptors (Lipinski definition) is 5. The maximum Gasteiger partial charge on any atom is 0.252 e. The molecule has 0 aliphatic heterocycles. The molecule has 0 atom stereocenters. The van der Waals surface area contributed by atoms with Gasteiger partial charge in [-0.15, -0.1) is 0 Å². The molecule has 1 aromatic carbocycles. The van der Waals surface area contributed by atoms with E-state index >= 15 is 0 Å². The average Bonchev–Trinajstić information content (AvgIpc) is 2.60. The molecule has 0 saturated heterocycles. The zero-order valence-electron chi connectivity index (χ0n) is 14.4. The lowest BCUT2D eigenvalue weighted by Gasteiger charge is -2.13. The van der Waals surface area contributed by atoms with Gasteiger partial charge < -0.3 is 20.1 Å². The predicted octanol–water partition coefficient (Wildman–Crippen LogP) is 3.23. The molecule has 2 rings (SSSR count). The third-order valence-electron chi connectivity index (χ3n) is 3.36. The second-order valence-electron chi connectivity index (χ2n) is 5.76. The normalized spacial score (nSPS) is 10.4. The van der Waals surface area contributed by atoms with E-state index in [1.165, 1.54) is 0 Å². The lowest BCUT2D eigenvalue weighted by Crippen LogP contribution is -2.27. The van der Waals surface area contributed by atoms with Gasteiger partial charge in [0.15, 0.2) is 0 Å².